The van der Waals surface area contributed by atoms with Crippen LogP contribution in [-0.4, -0.2) is 26.6 Å². The second-order valence-electron chi connectivity index (χ2n) is 5.52. The fourth-order valence-corrected chi connectivity index (χ4v) is 3.95. The van der Waals surface area contributed by atoms with E-state index in [9.17, 15) is 13.2 Å². The van der Waals surface area contributed by atoms with Gasteiger partial charge in [-0.25, -0.2) is 8.42 Å². The second-order valence-corrected chi connectivity index (χ2v) is 8.23. The molecule has 0 aromatic heterocycles. The fourth-order valence-electron chi connectivity index (χ4n) is 2.39. The third-order valence-corrected chi connectivity index (χ3v) is 5.41. The zero-order valence-electron chi connectivity index (χ0n) is 13.7. The van der Waals surface area contributed by atoms with E-state index in [4.69, 9.17) is 23.2 Å². The van der Waals surface area contributed by atoms with Crippen molar-refractivity contribution < 1.29 is 13.2 Å². The normalized spacial score (nSPS) is 12.5. The summed E-state index contributed by atoms with van der Waals surface area (Å²) in [6.07, 6.45) is 1.05. The van der Waals surface area contributed by atoms with Gasteiger partial charge in [0.2, 0.25) is 15.9 Å². The van der Waals surface area contributed by atoms with E-state index < -0.39 is 22.0 Å². The monoisotopic (exact) mass is 400 g/mol. The van der Waals surface area contributed by atoms with Gasteiger partial charge in [0, 0.05) is 16.6 Å². The van der Waals surface area contributed by atoms with Gasteiger partial charge in [0.05, 0.1) is 11.9 Å². The minimum absolute atomic E-state index is 0.204. The van der Waals surface area contributed by atoms with Gasteiger partial charge in [-0.05, 0) is 36.8 Å². The Bertz CT molecular complexity index is 872. The van der Waals surface area contributed by atoms with Crippen LogP contribution in [0.5, 0.6) is 0 Å². The van der Waals surface area contributed by atoms with E-state index in [1.165, 1.54) is 13.0 Å². The highest BCUT2D eigenvalue weighted by molar-refractivity contribution is 7.92. The quantitative estimate of drug-likeness (QED) is 0.806. The lowest BCUT2D eigenvalue weighted by Crippen LogP contribution is -2.47. The molecular formula is C17H18Cl2N2O3S. The Kier molecular flexibility index (Phi) is 6.32. The zero-order valence-corrected chi connectivity index (χ0v) is 16.1. The highest BCUT2D eigenvalue weighted by Gasteiger charge is 2.29. The summed E-state index contributed by atoms with van der Waals surface area (Å²) in [5.74, 6) is -0.440. The molecule has 1 atom stereocenters. The molecule has 0 radical (unpaired) electrons. The van der Waals surface area contributed by atoms with E-state index in [1.54, 1.807) is 36.4 Å². The molecule has 0 aliphatic rings. The molecule has 1 N–H and O–H groups in total. The van der Waals surface area contributed by atoms with Crippen LogP contribution in [0.15, 0.2) is 48.5 Å². The molecular weight excluding hydrogens is 383 g/mol. The van der Waals surface area contributed by atoms with Crippen molar-refractivity contribution in [3.05, 3.63) is 64.1 Å². The highest BCUT2D eigenvalue weighted by Crippen LogP contribution is 2.24. The molecule has 134 valence electrons. The number of nitrogens with one attached hydrogen (secondary N) is 1. The van der Waals surface area contributed by atoms with Crippen LogP contribution in [0.4, 0.5) is 5.69 Å². The Morgan fingerprint density at radius 3 is 2.44 bits per heavy atom. The summed E-state index contributed by atoms with van der Waals surface area (Å²) >= 11 is 12.0. The molecule has 5 nitrogen and oxygen atoms in total. The highest BCUT2D eigenvalue weighted by atomic mass is 35.5. The summed E-state index contributed by atoms with van der Waals surface area (Å²) in [4.78, 5) is 12.5. The van der Waals surface area contributed by atoms with Crippen LogP contribution in [0.2, 0.25) is 10.0 Å². The van der Waals surface area contributed by atoms with E-state index in [-0.39, 0.29) is 6.54 Å². The summed E-state index contributed by atoms with van der Waals surface area (Å²) in [6, 6.07) is 12.5. The number of carbonyl (C=O) groups is 1. The van der Waals surface area contributed by atoms with Crippen LogP contribution in [0.25, 0.3) is 0 Å². The lowest BCUT2D eigenvalue weighted by molar-refractivity contribution is -0.122. The van der Waals surface area contributed by atoms with E-state index >= 15 is 0 Å². The Morgan fingerprint density at radius 2 is 1.84 bits per heavy atom. The van der Waals surface area contributed by atoms with Gasteiger partial charge < -0.3 is 5.32 Å². The van der Waals surface area contributed by atoms with Gasteiger partial charge in [0.15, 0.2) is 0 Å². The van der Waals surface area contributed by atoms with Crippen molar-refractivity contribution >= 4 is 44.8 Å². The molecule has 25 heavy (non-hydrogen) atoms. The van der Waals surface area contributed by atoms with Crippen molar-refractivity contribution in [2.45, 2.75) is 19.5 Å². The first kappa shape index (κ1) is 19.6. The minimum Gasteiger partial charge on any atom is -0.350 e. The second kappa shape index (κ2) is 8.08. The van der Waals surface area contributed by atoms with Crippen molar-refractivity contribution in [3.63, 3.8) is 0 Å². The summed E-state index contributed by atoms with van der Waals surface area (Å²) in [6.45, 7) is 1.72. The molecule has 2 rings (SSSR count). The van der Waals surface area contributed by atoms with Gasteiger partial charge in [-0.1, -0.05) is 47.5 Å². The average Bonchev–Trinajstić information content (AvgIpc) is 2.52. The number of anilines is 1. The molecule has 0 heterocycles. The first-order valence-corrected chi connectivity index (χ1v) is 10.1. The topological polar surface area (TPSA) is 66.5 Å². The number of rotatable bonds is 6. The van der Waals surface area contributed by atoms with E-state index in [0.717, 1.165) is 16.1 Å². The number of benzene rings is 2. The summed E-state index contributed by atoms with van der Waals surface area (Å²) in [7, 11) is -3.68. The lowest BCUT2D eigenvalue weighted by Gasteiger charge is -2.28. The van der Waals surface area contributed by atoms with Crippen LogP contribution >= 0.6 is 23.2 Å². The van der Waals surface area contributed by atoms with Crippen molar-refractivity contribution in [2.75, 3.05) is 10.6 Å². The van der Waals surface area contributed by atoms with Crippen molar-refractivity contribution in [1.82, 2.24) is 5.32 Å². The molecule has 2 aromatic rings. The molecule has 0 spiro atoms. The number of nitrogens with zero attached hydrogens (tertiary/aromatic N) is 1. The third-order valence-electron chi connectivity index (χ3n) is 3.56. The summed E-state index contributed by atoms with van der Waals surface area (Å²) in [5, 5.41) is 3.63. The molecule has 0 bridgehead atoms. The van der Waals surface area contributed by atoms with E-state index in [0.29, 0.717) is 15.7 Å². The summed E-state index contributed by atoms with van der Waals surface area (Å²) < 4.78 is 25.4. The number of sulfonamides is 1. The largest absolute Gasteiger partial charge is 0.350 e. The van der Waals surface area contributed by atoms with Crippen LogP contribution in [-0.2, 0) is 21.4 Å². The predicted molar refractivity (Wildman–Crippen MR) is 102 cm³/mol. The smallest absolute Gasteiger partial charge is 0.243 e. The molecule has 0 aliphatic heterocycles. The van der Waals surface area contributed by atoms with Gasteiger partial charge in [0.1, 0.15) is 6.04 Å². The first-order chi connectivity index (χ1) is 11.7. The molecule has 2 aromatic carbocycles. The zero-order chi connectivity index (χ0) is 18.6. The van der Waals surface area contributed by atoms with Gasteiger partial charge in [-0.3, -0.25) is 9.10 Å². The fraction of sp³-hybridized carbons (Fsp3) is 0.235. The molecule has 0 unspecified atom stereocenters. The predicted octanol–water partition coefficient (Wildman–Crippen LogP) is 3.46. The number of carbonyl (C=O) groups excluding carboxylic acids is 1. The van der Waals surface area contributed by atoms with Crippen LogP contribution < -0.4 is 9.62 Å². The lowest BCUT2D eigenvalue weighted by atomic mass is 10.2. The molecule has 0 saturated heterocycles. The van der Waals surface area contributed by atoms with Crippen LogP contribution in [0.3, 0.4) is 0 Å². The van der Waals surface area contributed by atoms with E-state index in [2.05, 4.69) is 5.32 Å². The molecule has 1 amide bonds. The maximum absolute atomic E-state index is 12.5. The standard InChI is InChI=1S/C17H18Cl2N2O3S/c1-12(17(22)20-11-13-6-3-4-9-16(13)19)21(25(2,23)24)15-8-5-7-14(18)10-15/h3-10,12H,11H2,1-2H3,(H,20,22)/t12-/m1/s1. The number of hydrogen-bond acceptors (Lipinski definition) is 3. The van der Waals surface area contributed by atoms with E-state index in [1.807, 2.05) is 6.07 Å². The Balaban J connectivity index is 2.20. The minimum atomic E-state index is -3.68. The molecule has 0 fully saturated rings. The van der Waals surface area contributed by atoms with Crippen LogP contribution in [0, 0.1) is 0 Å². The van der Waals surface area contributed by atoms with Gasteiger partial charge in [0.25, 0.3) is 0 Å². The Labute approximate surface area is 157 Å². The first-order valence-electron chi connectivity index (χ1n) is 7.46. The van der Waals surface area contributed by atoms with Gasteiger partial charge in [-0.2, -0.15) is 0 Å². The van der Waals surface area contributed by atoms with Gasteiger partial charge in [-0.15, -0.1) is 0 Å². The maximum atomic E-state index is 12.5. The van der Waals surface area contributed by atoms with Crippen molar-refractivity contribution in [3.8, 4) is 0 Å². The molecule has 0 saturated carbocycles. The number of amides is 1. The van der Waals surface area contributed by atoms with Gasteiger partial charge >= 0.3 is 0 Å². The van der Waals surface area contributed by atoms with Crippen LogP contribution in [0.1, 0.15) is 12.5 Å². The van der Waals surface area contributed by atoms with Crippen molar-refractivity contribution in [2.24, 2.45) is 0 Å². The Morgan fingerprint density at radius 1 is 1.16 bits per heavy atom. The number of halogens is 2. The number of hydrogen-bond donors (Lipinski definition) is 1. The average molecular weight is 401 g/mol. The summed E-state index contributed by atoms with van der Waals surface area (Å²) in [5.41, 5.74) is 1.08. The SMILES string of the molecule is C[C@H](C(=O)NCc1ccccc1Cl)N(c1cccc(Cl)c1)S(C)(=O)=O. The maximum Gasteiger partial charge on any atom is 0.243 e. The third kappa shape index (κ3) is 5.11. The molecule has 8 heteroatoms. The Hall–Kier alpha value is -1.76. The van der Waals surface area contributed by atoms with Crippen molar-refractivity contribution in [1.29, 1.82) is 0 Å². The molecule has 0 aliphatic carbocycles.